The molecule has 0 amide bonds. The fourth-order valence-corrected chi connectivity index (χ4v) is 2.90. The van der Waals surface area contributed by atoms with E-state index in [1.807, 2.05) is 30.3 Å². The second kappa shape index (κ2) is 4.70. The van der Waals surface area contributed by atoms with Crippen molar-refractivity contribution in [3.05, 3.63) is 36.2 Å². The fourth-order valence-electron chi connectivity index (χ4n) is 2.90. The molecule has 0 bridgehead atoms. The zero-order chi connectivity index (χ0) is 14.3. The summed E-state index contributed by atoms with van der Waals surface area (Å²) in [4.78, 5) is 4.56. The van der Waals surface area contributed by atoms with Gasteiger partial charge in [0.2, 0.25) is 11.7 Å². The average molecular weight is 283 g/mol. The Balaban J connectivity index is 1.70. The number of piperidine rings is 1. The van der Waals surface area contributed by atoms with Crippen LogP contribution in [0.15, 0.2) is 39.3 Å². The Kier molecular flexibility index (Phi) is 2.82. The van der Waals surface area contributed by atoms with Crippen molar-refractivity contribution in [3.63, 3.8) is 0 Å². The van der Waals surface area contributed by atoms with Gasteiger partial charge in [0.25, 0.3) is 0 Å². The largest absolute Gasteiger partial charge is 0.453 e. The van der Waals surface area contributed by atoms with E-state index in [4.69, 9.17) is 8.94 Å². The third-order valence-corrected chi connectivity index (χ3v) is 4.19. The minimum Gasteiger partial charge on any atom is -0.453 e. The predicted octanol–water partition coefficient (Wildman–Crippen LogP) is 3.12. The first-order valence-electron chi connectivity index (χ1n) is 7.28. The summed E-state index contributed by atoms with van der Waals surface area (Å²) < 4.78 is 11.3. The highest BCUT2D eigenvalue weighted by atomic mass is 16.5. The molecule has 1 aliphatic rings. The lowest BCUT2D eigenvalue weighted by atomic mass is 9.83. The minimum atomic E-state index is -0.0878. The summed E-state index contributed by atoms with van der Waals surface area (Å²) >= 11 is 0. The zero-order valence-corrected chi connectivity index (χ0v) is 11.9. The van der Waals surface area contributed by atoms with E-state index in [0.717, 1.165) is 36.9 Å². The van der Waals surface area contributed by atoms with Crippen molar-refractivity contribution in [2.24, 2.45) is 0 Å². The fraction of sp³-hybridized carbons (Fsp3) is 0.375. The maximum Gasteiger partial charge on any atom is 0.238 e. The van der Waals surface area contributed by atoms with Crippen molar-refractivity contribution in [2.45, 2.75) is 25.2 Å². The Bertz CT molecular complexity index is 736. The van der Waals surface area contributed by atoms with Crippen molar-refractivity contribution in [2.75, 3.05) is 13.1 Å². The van der Waals surface area contributed by atoms with Crippen LogP contribution in [0.1, 0.15) is 25.7 Å². The van der Waals surface area contributed by atoms with E-state index in [1.54, 1.807) is 0 Å². The van der Waals surface area contributed by atoms with Crippen LogP contribution in [0.2, 0.25) is 0 Å². The number of furan rings is 1. The van der Waals surface area contributed by atoms with Gasteiger partial charge < -0.3 is 14.3 Å². The van der Waals surface area contributed by atoms with Gasteiger partial charge >= 0.3 is 0 Å². The SMILES string of the molecule is CC1(c2nc(-c3cc4ccccc4o3)no2)CCCNC1. The third kappa shape index (κ3) is 2.14. The van der Waals surface area contributed by atoms with Crippen LogP contribution in [0.5, 0.6) is 0 Å². The highest BCUT2D eigenvalue weighted by molar-refractivity contribution is 5.81. The molecule has 0 radical (unpaired) electrons. The number of fused-ring (bicyclic) bond motifs is 1. The lowest BCUT2D eigenvalue weighted by Gasteiger charge is -2.30. The van der Waals surface area contributed by atoms with E-state index in [1.165, 1.54) is 0 Å². The van der Waals surface area contributed by atoms with Crippen LogP contribution >= 0.6 is 0 Å². The lowest BCUT2D eigenvalue weighted by Crippen LogP contribution is -2.41. The summed E-state index contributed by atoms with van der Waals surface area (Å²) in [7, 11) is 0. The van der Waals surface area contributed by atoms with E-state index >= 15 is 0 Å². The summed E-state index contributed by atoms with van der Waals surface area (Å²) in [5.74, 6) is 1.86. The van der Waals surface area contributed by atoms with Gasteiger partial charge in [-0.3, -0.25) is 0 Å². The molecule has 1 saturated heterocycles. The van der Waals surface area contributed by atoms with Crippen molar-refractivity contribution < 1.29 is 8.94 Å². The Morgan fingerprint density at radius 2 is 2.19 bits per heavy atom. The van der Waals surface area contributed by atoms with Gasteiger partial charge in [-0.1, -0.05) is 23.4 Å². The first kappa shape index (κ1) is 12.6. The van der Waals surface area contributed by atoms with E-state index < -0.39 is 0 Å². The number of para-hydroxylation sites is 1. The number of nitrogens with one attached hydrogen (secondary N) is 1. The summed E-state index contributed by atoms with van der Waals surface area (Å²) in [5.41, 5.74) is 0.750. The first-order chi connectivity index (χ1) is 10.2. The van der Waals surface area contributed by atoms with E-state index in [-0.39, 0.29) is 5.41 Å². The molecule has 1 aromatic carbocycles. The van der Waals surface area contributed by atoms with E-state index in [2.05, 4.69) is 22.4 Å². The normalized spacial score (nSPS) is 22.7. The Labute approximate surface area is 122 Å². The number of rotatable bonds is 2. The van der Waals surface area contributed by atoms with Crippen molar-refractivity contribution in [1.29, 1.82) is 0 Å². The number of benzene rings is 1. The molecule has 0 saturated carbocycles. The standard InChI is InChI=1S/C16H17N3O2/c1-16(7-4-8-17-10-16)15-18-14(19-21-15)13-9-11-5-2-3-6-12(11)20-13/h2-3,5-6,9,17H,4,7-8,10H2,1H3. The van der Waals surface area contributed by atoms with Gasteiger partial charge in [-0.25, -0.2) is 0 Å². The second-order valence-corrected chi connectivity index (χ2v) is 5.91. The van der Waals surface area contributed by atoms with E-state index in [0.29, 0.717) is 17.5 Å². The molecule has 1 unspecified atom stereocenters. The summed E-state index contributed by atoms with van der Waals surface area (Å²) in [6.07, 6.45) is 2.18. The van der Waals surface area contributed by atoms with Gasteiger partial charge in [0.1, 0.15) is 5.58 Å². The van der Waals surface area contributed by atoms with Crippen molar-refractivity contribution >= 4 is 11.0 Å². The summed E-state index contributed by atoms with van der Waals surface area (Å²) in [6, 6.07) is 9.83. The molecule has 108 valence electrons. The van der Waals surface area contributed by atoms with Gasteiger partial charge in [-0.15, -0.1) is 0 Å². The van der Waals surface area contributed by atoms with Crippen molar-refractivity contribution in [1.82, 2.24) is 15.5 Å². The molecule has 3 heterocycles. The van der Waals surface area contributed by atoms with Crippen molar-refractivity contribution in [3.8, 4) is 11.6 Å². The molecule has 4 rings (SSSR count). The molecule has 5 heteroatoms. The average Bonchev–Trinajstić information content (AvgIpc) is 3.15. The number of nitrogens with zero attached hydrogens (tertiary/aromatic N) is 2. The Morgan fingerprint density at radius 1 is 1.29 bits per heavy atom. The smallest absolute Gasteiger partial charge is 0.238 e. The molecule has 3 aromatic rings. The van der Waals surface area contributed by atoms with E-state index in [9.17, 15) is 0 Å². The van der Waals surface area contributed by atoms with Gasteiger partial charge in [-0.2, -0.15) is 4.98 Å². The minimum absolute atomic E-state index is 0.0878. The number of hydrogen-bond donors (Lipinski definition) is 1. The quantitative estimate of drug-likeness (QED) is 0.782. The first-order valence-corrected chi connectivity index (χ1v) is 7.28. The second-order valence-electron chi connectivity index (χ2n) is 5.91. The van der Waals surface area contributed by atoms with Crippen LogP contribution < -0.4 is 5.32 Å². The maximum atomic E-state index is 5.79. The molecule has 5 nitrogen and oxygen atoms in total. The molecule has 1 atom stereocenters. The van der Waals surface area contributed by atoms with Crippen LogP contribution in [0, 0.1) is 0 Å². The van der Waals surface area contributed by atoms with Gasteiger partial charge in [0, 0.05) is 11.9 Å². The Morgan fingerprint density at radius 3 is 3.00 bits per heavy atom. The van der Waals surface area contributed by atoms with Gasteiger partial charge in [0.15, 0.2) is 5.76 Å². The third-order valence-electron chi connectivity index (χ3n) is 4.19. The summed E-state index contributed by atoms with van der Waals surface area (Å²) in [5, 5.41) is 8.53. The predicted molar refractivity (Wildman–Crippen MR) is 79.0 cm³/mol. The molecule has 0 spiro atoms. The highest BCUT2D eigenvalue weighted by Gasteiger charge is 2.34. The highest BCUT2D eigenvalue weighted by Crippen LogP contribution is 2.32. The topological polar surface area (TPSA) is 64.1 Å². The number of hydrogen-bond acceptors (Lipinski definition) is 5. The Hall–Kier alpha value is -2.14. The molecule has 1 fully saturated rings. The molecule has 1 N–H and O–H groups in total. The molecular weight excluding hydrogens is 266 g/mol. The van der Waals surface area contributed by atoms with Crippen LogP contribution in [0.4, 0.5) is 0 Å². The van der Waals surface area contributed by atoms with Crippen LogP contribution in [0.25, 0.3) is 22.6 Å². The molecule has 21 heavy (non-hydrogen) atoms. The molecule has 0 aliphatic carbocycles. The molecular formula is C16H17N3O2. The molecule has 2 aromatic heterocycles. The monoisotopic (exact) mass is 283 g/mol. The van der Waals surface area contributed by atoms with Gasteiger partial charge in [0.05, 0.1) is 5.41 Å². The summed E-state index contributed by atoms with van der Waals surface area (Å²) in [6.45, 7) is 4.09. The van der Waals surface area contributed by atoms with Crippen LogP contribution in [0.3, 0.4) is 0 Å². The number of aromatic nitrogens is 2. The lowest BCUT2D eigenvalue weighted by molar-refractivity contribution is 0.245. The molecule has 1 aliphatic heterocycles. The zero-order valence-electron chi connectivity index (χ0n) is 11.9. The van der Waals surface area contributed by atoms with Gasteiger partial charge in [-0.05, 0) is 38.4 Å². The van der Waals surface area contributed by atoms with Crippen LogP contribution in [-0.2, 0) is 5.41 Å². The van der Waals surface area contributed by atoms with Crippen LogP contribution in [-0.4, -0.2) is 23.2 Å². The maximum absolute atomic E-state index is 5.79.